The molecule has 0 radical (unpaired) electrons. The quantitative estimate of drug-likeness (QED) is 0.479. The van der Waals surface area contributed by atoms with E-state index in [1.807, 2.05) is 36.6 Å². The van der Waals surface area contributed by atoms with Gasteiger partial charge < -0.3 is 4.90 Å². The Kier molecular flexibility index (Phi) is 5.55. The zero-order valence-electron chi connectivity index (χ0n) is 12.5. The molecule has 0 fully saturated rings. The minimum absolute atomic E-state index is 0.180. The van der Waals surface area contributed by atoms with Crippen LogP contribution in [0.5, 0.6) is 0 Å². The Morgan fingerprint density at radius 1 is 0.955 bits per heavy atom. The standard InChI is InChI=1S/C18H17NO2S/c1-19(15-10-6-7-11-17(15)22-2)18(21)13-12-16(20)14-8-4-3-5-9-14/h3-13H,1-2H3/b13-12+. The van der Waals surface area contributed by atoms with Crippen LogP contribution in [0.2, 0.25) is 0 Å². The molecule has 0 saturated heterocycles. The van der Waals surface area contributed by atoms with Gasteiger partial charge >= 0.3 is 0 Å². The summed E-state index contributed by atoms with van der Waals surface area (Å²) in [6.07, 6.45) is 4.59. The van der Waals surface area contributed by atoms with Crippen molar-refractivity contribution in [1.82, 2.24) is 0 Å². The molecule has 0 aliphatic carbocycles. The van der Waals surface area contributed by atoms with E-state index in [4.69, 9.17) is 0 Å². The van der Waals surface area contributed by atoms with E-state index in [9.17, 15) is 9.59 Å². The maximum atomic E-state index is 12.2. The summed E-state index contributed by atoms with van der Waals surface area (Å²) >= 11 is 1.58. The van der Waals surface area contributed by atoms with Gasteiger partial charge in [-0.1, -0.05) is 42.5 Å². The predicted molar refractivity (Wildman–Crippen MR) is 91.5 cm³/mol. The summed E-state index contributed by atoms with van der Waals surface area (Å²) in [5.41, 5.74) is 1.40. The summed E-state index contributed by atoms with van der Waals surface area (Å²) in [6.45, 7) is 0. The summed E-state index contributed by atoms with van der Waals surface area (Å²) in [5, 5.41) is 0. The maximum absolute atomic E-state index is 12.2. The van der Waals surface area contributed by atoms with Crippen molar-refractivity contribution in [1.29, 1.82) is 0 Å². The molecule has 3 nitrogen and oxygen atoms in total. The molecule has 0 bridgehead atoms. The van der Waals surface area contributed by atoms with Crippen LogP contribution >= 0.6 is 11.8 Å². The highest BCUT2D eigenvalue weighted by atomic mass is 32.2. The number of carbonyl (C=O) groups excluding carboxylic acids is 2. The minimum atomic E-state index is -0.231. The zero-order chi connectivity index (χ0) is 15.9. The molecule has 0 unspecified atom stereocenters. The summed E-state index contributed by atoms with van der Waals surface area (Å²) in [7, 11) is 1.70. The number of rotatable bonds is 5. The van der Waals surface area contributed by atoms with Gasteiger partial charge in [0.25, 0.3) is 5.91 Å². The van der Waals surface area contributed by atoms with Crippen molar-refractivity contribution in [2.75, 3.05) is 18.2 Å². The van der Waals surface area contributed by atoms with Crippen LogP contribution in [0.3, 0.4) is 0 Å². The predicted octanol–water partition coefficient (Wildman–Crippen LogP) is 3.81. The smallest absolute Gasteiger partial charge is 0.250 e. The van der Waals surface area contributed by atoms with Crippen LogP contribution in [0.1, 0.15) is 10.4 Å². The second-order valence-electron chi connectivity index (χ2n) is 4.63. The Balaban J connectivity index is 2.11. The average Bonchev–Trinajstić information content (AvgIpc) is 2.59. The molecule has 22 heavy (non-hydrogen) atoms. The Labute approximate surface area is 134 Å². The fourth-order valence-corrected chi connectivity index (χ4v) is 2.61. The monoisotopic (exact) mass is 311 g/mol. The van der Waals surface area contributed by atoms with Gasteiger partial charge in [0.1, 0.15) is 0 Å². The molecular weight excluding hydrogens is 294 g/mol. The molecule has 0 spiro atoms. The number of benzene rings is 2. The van der Waals surface area contributed by atoms with Crippen molar-refractivity contribution >= 4 is 29.1 Å². The third kappa shape index (κ3) is 3.86. The van der Waals surface area contributed by atoms with Crippen LogP contribution in [0, 0.1) is 0 Å². The minimum Gasteiger partial charge on any atom is -0.311 e. The lowest BCUT2D eigenvalue weighted by molar-refractivity contribution is -0.113. The van der Waals surface area contributed by atoms with Crippen LogP contribution in [-0.2, 0) is 4.79 Å². The molecular formula is C18H17NO2S. The van der Waals surface area contributed by atoms with E-state index in [1.165, 1.54) is 12.2 Å². The lowest BCUT2D eigenvalue weighted by Gasteiger charge is -2.18. The number of thioether (sulfide) groups is 1. The summed E-state index contributed by atoms with van der Waals surface area (Å²) in [6, 6.07) is 16.6. The first-order valence-corrected chi connectivity index (χ1v) is 8.04. The number of allylic oxidation sites excluding steroid dienone is 1. The Morgan fingerprint density at radius 3 is 2.27 bits per heavy atom. The number of ketones is 1. The first kappa shape index (κ1) is 16.0. The van der Waals surface area contributed by atoms with E-state index in [0.29, 0.717) is 5.56 Å². The summed E-state index contributed by atoms with van der Waals surface area (Å²) in [4.78, 5) is 26.8. The number of anilines is 1. The van der Waals surface area contributed by atoms with Crippen molar-refractivity contribution in [3.05, 3.63) is 72.3 Å². The SMILES string of the molecule is CSc1ccccc1N(C)C(=O)/C=C/C(=O)c1ccccc1. The van der Waals surface area contributed by atoms with Crippen molar-refractivity contribution in [2.45, 2.75) is 4.90 Å². The number of nitrogens with zero attached hydrogens (tertiary/aromatic N) is 1. The van der Waals surface area contributed by atoms with E-state index >= 15 is 0 Å². The van der Waals surface area contributed by atoms with Gasteiger partial charge in [-0.25, -0.2) is 0 Å². The van der Waals surface area contributed by atoms with Gasteiger partial charge in [0.05, 0.1) is 5.69 Å². The van der Waals surface area contributed by atoms with Gasteiger partial charge in [-0.3, -0.25) is 9.59 Å². The van der Waals surface area contributed by atoms with Gasteiger partial charge in [0.15, 0.2) is 5.78 Å². The van der Waals surface area contributed by atoms with E-state index in [0.717, 1.165) is 10.6 Å². The molecule has 0 heterocycles. The Bertz CT molecular complexity index is 695. The molecule has 2 aromatic rings. The largest absolute Gasteiger partial charge is 0.311 e. The van der Waals surface area contributed by atoms with Gasteiger partial charge in [-0.15, -0.1) is 11.8 Å². The third-order valence-electron chi connectivity index (χ3n) is 3.21. The highest BCUT2D eigenvalue weighted by Crippen LogP contribution is 2.27. The van der Waals surface area contributed by atoms with Crippen molar-refractivity contribution < 1.29 is 9.59 Å². The fourth-order valence-electron chi connectivity index (χ4n) is 1.98. The van der Waals surface area contributed by atoms with E-state index in [-0.39, 0.29) is 11.7 Å². The van der Waals surface area contributed by atoms with Crippen LogP contribution in [0.25, 0.3) is 0 Å². The lowest BCUT2D eigenvalue weighted by atomic mass is 10.1. The summed E-state index contributed by atoms with van der Waals surface area (Å²) < 4.78 is 0. The number of amides is 1. The van der Waals surface area contributed by atoms with Gasteiger partial charge in [-0.05, 0) is 24.5 Å². The van der Waals surface area contributed by atoms with E-state index < -0.39 is 0 Å². The van der Waals surface area contributed by atoms with Crippen molar-refractivity contribution in [3.63, 3.8) is 0 Å². The fraction of sp³-hybridized carbons (Fsp3) is 0.111. The highest BCUT2D eigenvalue weighted by molar-refractivity contribution is 7.98. The van der Waals surface area contributed by atoms with E-state index in [2.05, 4.69) is 0 Å². The number of para-hydroxylation sites is 1. The lowest BCUT2D eigenvalue weighted by Crippen LogP contribution is -2.24. The number of hydrogen-bond donors (Lipinski definition) is 0. The summed E-state index contributed by atoms with van der Waals surface area (Å²) in [5.74, 6) is -0.411. The number of hydrogen-bond acceptors (Lipinski definition) is 3. The zero-order valence-corrected chi connectivity index (χ0v) is 13.3. The van der Waals surface area contributed by atoms with Crippen LogP contribution < -0.4 is 4.90 Å². The van der Waals surface area contributed by atoms with Gasteiger partial charge in [0, 0.05) is 23.6 Å². The second kappa shape index (κ2) is 7.61. The van der Waals surface area contributed by atoms with E-state index in [1.54, 1.807) is 48.0 Å². The maximum Gasteiger partial charge on any atom is 0.250 e. The molecule has 1 amide bonds. The van der Waals surface area contributed by atoms with Gasteiger partial charge in [0.2, 0.25) is 0 Å². The Hall–Kier alpha value is -2.33. The van der Waals surface area contributed by atoms with Crippen LogP contribution in [0.15, 0.2) is 71.6 Å². The highest BCUT2D eigenvalue weighted by Gasteiger charge is 2.12. The topological polar surface area (TPSA) is 37.4 Å². The first-order valence-electron chi connectivity index (χ1n) is 6.81. The molecule has 0 aliphatic heterocycles. The van der Waals surface area contributed by atoms with Crippen LogP contribution in [-0.4, -0.2) is 25.0 Å². The second-order valence-corrected chi connectivity index (χ2v) is 5.48. The molecule has 0 atom stereocenters. The third-order valence-corrected chi connectivity index (χ3v) is 4.00. The van der Waals surface area contributed by atoms with Crippen molar-refractivity contribution in [3.8, 4) is 0 Å². The number of likely N-dealkylation sites (N-methyl/N-ethyl adjacent to an activating group) is 1. The molecule has 0 aliphatic rings. The number of carbonyl (C=O) groups is 2. The molecule has 4 heteroatoms. The van der Waals surface area contributed by atoms with Gasteiger partial charge in [-0.2, -0.15) is 0 Å². The average molecular weight is 311 g/mol. The molecule has 0 saturated carbocycles. The molecule has 0 N–H and O–H groups in total. The normalized spacial score (nSPS) is 10.6. The molecule has 2 rings (SSSR count). The molecule has 112 valence electrons. The molecule has 2 aromatic carbocycles. The molecule has 0 aromatic heterocycles. The van der Waals surface area contributed by atoms with Crippen molar-refractivity contribution in [2.24, 2.45) is 0 Å². The first-order chi connectivity index (χ1) is 10.6. The Morgan fingerprint density at radius 2 is 1.59 bits per heavy atom. The van der Waals surface area contributed by atoms with Crippen LogP contribution in [0.4, 0.5) is 5.69 Å².